The molecule has 1 aromatic heterocycles. The number of rotatable bonds is 3. The van der Waals surface area contributed by atoms with Crippen LogP contribution in [0.1, 0.15) is 30.1 Å². The molecule has 0 bridgehead atoms. The maximum Gasteiger partial charge on any atom is 0.257 e. The molecule has 3 amide bonds. The summed E-state index contributed by atoms with van der Waals surface area (Å²) < 4.78 is 1.61. The summed E-state index contributed by atoms with van der Waals surface area (Å²) >= 11 is 0. The monoisotopic (exact) mass is 373 g/mol. The molecule has 2 saturated heterocycles. The van der Waals surface area contributed by atoms with Crippen molar-refractivity contribution in [1.82, 2.24) is 24.5 Å². The highest BCUT2D eigenvalue weighted by atomic mass is 16.2. The third-order valence-corrected chi connectivity index (χ3v) is 5.41. The molecule has 1 unspecified atom stereocenters. The van der Waals surface area contributed by atoms with Crippen LogP contribution in [0.2, 0.25) is 0 Å². The number of carbonyl (C=O) groups is 3. The van der Waals surface area contributed by atoms with Crippen molar-refractivity contribution in [3.05, 3.63) is 30.6 Å². The summed E-state index contributed by atoms with van der Waals surface area (Å²) in [6.07, 6.45) is 6.20. The molecule has 146 valence electrons. The van der Waals surface area contributed by atoms with Gasteiger partial charge in [-0.15, -0.1) is 0 Å². The van der Waals surface area contributed by atoms with Gasteiger partial charge in [0.1, 0.15) is 0 Å². The zero-order chi connectivity index (χ0) is 19.6. The molecule has 2 fully saturated rings. The molecule has 2 aliphatic rings. The van der Waals surface area contributed by atoms with E-state index in [-0.39, 0.29) is 29.7 Å². The molecule has 2 aliphatic heterocycles. The molecule has 0 N–H and O–H groups in total. The minimum Gasteiger partial charge on any atom is -0.339 e. The third-order valence-electron chi connectivity index (χ3n) is 5.41. The van der Waals surface area contributed by atoms with Crippen LogP contribution >= 0.6 is 0 Å². The molecule has 2 atom stereocenters. The van der Waals surface area contributed by atoms with Crippen LogP contribution in [0.3, 0.4) is 0 Å². The number of carbonyl (C=O) groups excluding carboxylic acids is 3. The molecular weight excluding hydrogens is 346 g/mol. The summed E-state index contributed by atoms with van der Waals surface area (Å²) in [5, 5.41) is 4.06. The lowest BCUT2D eigenvalue weighted by Crippen LogP contribution is -2.57. The SMILES string of the molecule is C=CC(=O)N1CCCC(C(=O)N2CCN(C(=O)c3cnn(C)c3)[C@@H](C)C2)C1. The lowest BCUT2D eigenvalue weighted by atomic mass is 9.95. The van der Waals surface area contributed by atoms with Crippen LogP contribution in [0.25, 0.3) is 0 Å². The van der Waals surface area contributed by atoms with Crippen molar-refractivity contribution in [2.75, 3.05) is 32.7 Å². The van der Waals surface area contributed by atoms with Crippen LogP contribution < -0.4 is 0 Å². The van der Waals surface area contributed by atoms with Crippen molar-refractivity contribution >= 4 is 17.7 Å². The second-order valence-electron chi connectivity index (χ2n) is 7.36. The molecule has 3 heterocycles. The van der Waals surface area contributed by atoms with E-state index in [0.717, 1.165) is 12.8 Å². The number of piperazine rings is 1. The van der Waals surface area contributed by atoms with Gasteiger partial charge < -0.3 is 14.7 Å². The Labute approximate surface area is 159 Å². The van der Waals surface area contributed by atoms with E-state index in [4.69, 9.17) is 0 Å². The molecular formula is C19H27N5O3. The van der Waals surface area contributed by atoms with Gasteiger partial charge in [0, 0.05) is 52.0 Å². The number of hydrogen-bond acceptors (Lipinski definition) is 4. The van der Waals surface area contributed by atoms with Crippen molar-refractivity contribution < 1.29 is 14.4 Å². The van der Waals surface area contributed by atoms with E-state index < -0.39 is 0 Å². The fraction of sp³-hybridized carbons (Fsp3) is 0.579. The van der Waals surface area contributed by atoms with E-state index >= 15 is 0 Å². The smallest absolute Gasteiger partial charge is 0.257 e. The van der Waals surface area contributed by atoms with Gasteiger partial charge in [0.15, 0.2) is 0 Å². The Morgan fingerprint density at radius 1 is 1.19 bits per heavy atom. The Hall–Kier alpha value is -2.64. The van der Waals surface area contributed by atoms with Gasteiger partial charge >= 0.3 is 0 Å². The molecule has 0 spiro atoms. The van der Waals surface area contributed by atoms with E-state index in [1.807, 2.05) is 11.8 Å². The van der Waals surface area contributed by atoms with Gasteiger partial charge in [-0.1, -0.05) is 6.58 Å². The molecule has 0 saturated carbocycles. The molecule has 27 heavy (non-hydrogen) atoms. The van der Waals surface area contributed by atoms with Gasteiger partial charge in [0.25, 0.3) is 5.91 Å². The van der Waals surface area contributed by atoms with E-state index in [2.05, 4.69) is 11.7 Å². The Morgan fingerprint density at radius 3 is 2.59 bits per heavy atom. The van der Waals surface area contributed by atoms with Gasteiger partial charge in [-0.2, -0.15) is 5.10 Å². The van der Waals surface area contributed by atoms with Crippen molar-refractivity contribution in [3.63, 3.8) is 0 Å². The summed E-state index contributed by atoms with van der Waals surface area (Å²) in [5.74, 6) is -0.261. The molecule has 3 rings (SSSR count). The number of amides is 3. The highest BCUT2D eigenvalue weighted by Crippen LogP contribution is 2.22. The van der Waals surface area contributed by atoms with Crippen molar-refractivity contribution in [2.24, 2.45) is 13.0 Å². The summed E-state index contributed by atoms with van der Waals surface area (Å²) in [6, 6.07) is -0.0649. The lowest BCUT2D eigenvalue weighted by molar-refractivity contribution is -0.141. The number of aryl methyl sites for hydroxylation is 1. The number of aromatic nitrogens is 2. The maximum atomic E-state index is 13.0. The van der Waals surface area contributed by atoms with Crippen molar-refractivity contribution in [3.8, 4) is 0 Å². The summed E-state index contributed by atoms with van der Waals surface area (Å²) in [4.78, 5) is 42.8. The van der Waals surface area contributed by atoms with Crippen LogP contribution in [0.5, 0.6) is 0 Å². The fourth-order valence-corrected chi connectivity index (χ4v) is 3.92. The first kappa shape index (κ1) is 19.1. The topological polar surface area (TPSA) is 78.8 Å². The summed E-state index contributed by atoms with van der Waals surface area (Å²) in [5.41, 5.74) is 0.565. The predicted molar refractivity (Wildman–Crippen MR) is 99.8 cm³/mol. The molecule has 0 aliphatic carbocycles. The van der Waals surface area contributed by atoms with Crippen LogP contribution in [0.4, 0.5) is 0 Å². The van der Waals surface area contributed by atoms with E-state index in [0.29, 0.717) is 38.3 Å². The first-order chi connectivity index (χ1) is 12.9. The normalized spacial score (nSPS) is 23.3. The second kappa shape index (κ2) is 7.94. The predicted octanol–water partition coefficient (Wildman–Crippen LogP) is 0.518. The Bertz CT molecular complexity index is 743. The van der Waals surface area contributed by atoms with Gasteiger partial charge in [-0.05, 0) is 25.8 Å². The number of likely N-dealkylation sites (tertiary alicyclic amines) is 1. The molecule has 0 aromatic carbocycles. The van der Waals surface area contributed by atoms with Crippen LogP contribution in [-0.4, -0.2) is 81.0 Å². The second-order valence-corrected chi connectivity index (χ2v) is 7.36. The highest BCUT2D eigenvalue weighted by molar-refractivity contribution is 5.94. The zero-order valence-electron chi connectivity index (χ0n) is 16.0. The first-order valence-electron chi connectivity index (χ1n) is 9.40. The van der Waals surface area contributed by atoms with Crippen LogP contribution in [-0.2, 0) is 16.6 Å². The minimum atomic E-state index is -0.171. The molecule has 8 nitrogen and oxygen atoms in total. The lowest BCUT2D eigenvalue weighted by Gasteiger charge is -2.42. The van der Waals surface area contributed by atoms with E-state index in [1.165, 1.54) is 6.08 Å². The Kier molecular flexibility index (Phi) is 5.62. The molecule has 8 heteroatoms. The van der Waals surface area contributed by atoms with Gasteiger partial charge in [0.05, 0.1) is 17.7 Å². The highest BCUT2D eigenvalue weighted by Gasteiger charge is 2.35. The standard InChI is InChI=1S/C19H27N5O3/c1-4-17(25)22-7-5-6-15(13-22)18(26)23-8-9-24(14(2)11-23)19(27)16-10-20-21(3)12-16/h4,10,12,14-15H,1,5-9,11,13H2,2-3H3/t14-,15?/m0/s1. The first-order valence-corrected chi connectivity index (χ1v) is 9.40. The van der Waals surface area contributed by atoms with E-state index in [9.17, 15) is 14.4 Å². The summed E-state index contributed by atoms with van der Waals surface area (Å²) in [6.45, 7) is 8.15. The summed E-state index contributed by atoms with van der Waals surface area (Å²) in [7, 11) is 1.78. The zero-order valence-corrected chi connectivity index (χ0v) is 16.0. The average molecular weight is 373 g/mol. The van der Waals surface area contributed by atoms with Crippen LogP contribution in [0.15, 0.2) is 25.0 Å². The molecule has 1 aromatic rings. The Morgan fingerprint density at radius 2 is 1.96 bits per heavy atom. The average Bonchev–Trinajstić information content (AvgIpc) is 3.12. The van der Waals surface area contributed by atoms with Gasteiger partial charge in [-0.25, -0.2) is 0 Å². The van der Waals surface area contributed by atoms with Crippen molar-refractivity contribution in [1.29, 1.82) is 0 Å². The number of nitrogens with zero attached hydrogens (tertiary/aromatic N) is 5. The largest absolute Gasteiger partial charge is 0.339 e. The van der Waals surface area contributed by atoms with E-state index in [1.54, 1.807) is 33.9 Å². The third kappa shape index (κ3) is 4.04. The quantitative estimate of drug-likeness (QED) is 0.724. The molecule has 0 radical (unpaired) electrons. The van der Waals surface area contributed by atoms with Gasteiger partial charge in [-0.3, -0.25) is 19.1 Å². The Balaban J connectivity index is 1.60. The fourth-order valence-electron chi connectivity index (χ4n) is 3.92. The number of hydrogen-bond donors (Lipinski definition) is 0. The van der Waals surface area contributed by atoms with Gasteiger partial charge in [0.2, 0.25) is 11.8 Å². The maximum absolute atomic E-state index is 13.0. The number of piperidine rings is 1. The minimum absolute atomic E-state index is 0.0527. The van der Waals surface area contributed by atoms with Crippen LogP contribution in [0, 0.1) is 5.92 Å². The van der Waals surface area contributed by atoms with Crippen molar-refractivity contribution in [2.45, 2.75) is 25.8 Å².